The fourth-order valence-corrected chi connectivity index (χ4v) is 1.77. The molecule has 0 aliphatic heterocycles. The van der Waals surface area contributed by atoms with Gasteiger partial charge in [0.15, 0.2) is 5.41 Å². The highest BCUT2D eigenvalue weighted by Gasteiger charge is 2.42. The minimum absolute atomic E-state index is 0.171. The van der Waals surface area contributed by atoms with E-state index in [1.807, 2.05) is 12.1 Å². The molecule has 0 radical (unpaired) electrons. The predicted molar refractivity (Wildman–Crippen MR) is 73.7 cm³/mol. The van der Waals surface area contributed by atoms with Gasteiger partial charge in [-0.15, -0.1) is 0 Å². The maximum absolute atomic E-state index is 11.8. The van der Waals surface area contributed by atoms with E-state index >= 15 is 0 Å². The van der Waals surface area contributed by atoms with Crippen LogP contribution in [0.5, 0.6) is 5.75 Å². The van der Waals surface area contributed by atoms with Crippen molar-refractivity contribution in [2.75, 3.05) is 13.7 Å². The van der Waals surface area contributed by atoms with Crippen LogP contribution in [0.3, 0.4) is 0 Å². The van der Waals surface area contributed by atoms with Gasteiger partial charge in [0.25, 0.3) is 0 Å². The first-order chi connectivity index (χ1) is 9.43. The first-order valence-electron chi connectivity index (χ1n) is 6.47. The quantitative estimate of drug-likeness (QED) is 0.612. The molecule has 5 nitrogen and oxygen atoms in total. The van der Waals surface area contributed by atoms with E-state index in [-0.39, 0.29) is 13.0 Å². The molecule has 1 aromatic rings. The van der Waals surface area contributed by atoms with Crippen LogP contribution in [0, 0.1) is 5.41 Å². The van der Waals surface area contributed by atoms with Crippen LogP contribution >= 0.6 is 0 Å². The third kappa shape index (κ3) is 3.73. The van der Waals surface area contributed by atoms with Gasteiger partial charge in [-0.3, -0.25) is 9.59 Å². The summed E-state index contributed by atoms with van der Waals surface area (Å²) < 4.78 is 9.91. The van der Waals surface area contributed by atoms with E-state index in [9.17, 15) is 14.7 Å². The fraction of sp³-hybridized carbons (Fsp3) is 0.467. The fourth-order valence-electron chi connectivity index (χ4n) is 1.77. The number of carboxylic acid groups (broad SMARTS) is 1. The molecule has 1 rings (SSSR count). The van der Waals surface area contributed by atoms with Crippen molar-refractivity contribution in [2.45, 2.75) is 26.7 Å². The summed E-state index contributed by atoms with van der Waals surface area (Å²) in [6.45, 7) is 3.23. The van der Waals surface area contributed by atoms with Gasteiger partial charge in [-0.2, -0.15) is 0 Å². The number of carboxylic acids is 1. The number of rotatable bonds is 7. The zero-order valence-corrected chi connectivity index (χ0v) is 12.0. The van der Waals surface area contributed by atoms with Crippen molar-refractivity contribution in [1.82, 2.24) is 0 Å². The maximum Gasteiger partial charge on any atom is 0.323 e. The van der Waals surface area contributed by atoms with Crippen LogP contribution in [0.25, 0.3) is 0 Å². The molecule has 1 atom stereocenters. The van der Waals surface area contributed by atoms with E-state index in [0.717, 1.165) is 11.3 Å². The number of carbonyl (C=O) groups excluding carboxylic acids is 1. The Balaban J connectivity index is 2.76. The second kappa shape index (κ2) is 6.93. The van der Waals surface area contributed by atoms with Gasteiger partial charge in [-0.25, -0.2) is 0 Å². The summed E-state index contributed by atoms with van der Waals surface area (Å²) in [5.74, 6) is -1.12. The van der Waals surface area contributed by atoms with Crippen molar-refractivity contribution in [3.05, 3.63) is 29.8 Å². The first-order valence-corrected chi connectivity index (χ1v) is 6.47. The molecule has 5 heteroatoms. The van der Waals surface area contributed by atoms with Crippen LogP contribution in [0.15, 0.2) is 24.3 Å². The Morgan fingerprint density at radius 3 is 2.30 bits per heavy atom. The SMILES string of the molecule is CCOC(=O)C(C)(CCc1ccc(OC)cc1)C(=O)O. The molecule has 1 unspecified atom stereocenters. The summed E-state index contributed by atoms with van der Waals surface area (Å²) >= 11 is 0. The minimum Gasteiger partial charge on any atom is -0.497 e. The highest BCUT2D eigenvalue weighted by Crippen LogP contribution is 2.26. The van der Waals surface area contributed by atoms with E-state index in [1.165, 1.54) is 6.92 Å². The Labute approximate surface area is 118 Å². The van der Waals surface area contributed by atoms with E-state index in [2.05, 4.69) is 0 Å². The molecular formula is C15H20O5. The summed E-state index contributed by atoms with van der Waals surface area (Å²) in [6, 6.07) is 7.31. The normalized spacial score (nSPS) is 13.3. The summed E-state index contributed by atoms with van der Waals surface area (Å²) in [4.78, 5) is 23.1. The van der Waals surface area contributed by atoms with Crippen molar-refractivity contribution in [3.63, 3.8) is 0 Å². The number of esters is 1. The second-order valence-corrected chi connectivity index (χ2v) is 4.71. The monoisotopic (exact) mass is 280 g/mol. The molecule has 1 aromatic carbocycles. The van der Waals surface area contributed by atoms with Gasteiger partial charge in [-0.05, 0) is 44.4 Å². The van der Waals surface area contributed by atoms with Gasteiger partial charge in [0.05, 0.1) is 13.7 Å². The van der Waals surface area contributed by atoms with Crippen LogP contribution in [0.1, 0.15) is 25.8 Å². The van der Waals surface area contributed by atoms with E-state index in [4.69, 9.17) is 9.47 Å². The largest absolute Gasteiger partial charge is 0.497 e. The lowest BCUT2D eigenvalue weighted by Crippen LogP contribution is -2.38. The van der Waals surface area contributed by atoms with Crippen LogP contribution < -0.4 is 4.74 Å². The average molecular weight is 280 g/mol. The van der Waals surface area contributed by atoms with E-state index in [0.29, 0.717) is 6.42 Å². The summed E-state index contributed by atoms with van der Waals surface area (Å²) in [7, 11) is 1.58. The van der Waals surface area contributed by atoms with Gasteiger partial charge < -0.3 is 14.6 Å². The van der Waals surface area contributed by atoms with Gasteiger partial charge in [-0.1, -0.05) is 12.1 Å². The van der Waals surface area contributed by atoms with Crippen molar-refractivity contribution >= 4 is 11.9 Å². The molecule has 0 aliphatic rings. The topological polar surface area (TPSA) is 72.8 Å². The van der Waals surface area contributed by atoms with Crippen molar-refractivity contribution in [1.29, 1.82) is 0 Å². The van der Waals surface area contributed by atoms with Gasteiger partial charge in [0.1, 0.15) is 5.75 Å². The third-order valence-electron chi connectivity index (χ3n) is 3.27. The smallest absolute Gasteiger partial charge is 0.323 e. The van der Waals surface area contributed by atoms with E-state index < -0.39 is 17.4 Å². The lowest BCUT2D eigenvalue weighted by molar-refractivity contribution is -0.167. The predicted octanol–water partition coefficient (Wildman–Crippen LogP) is 2.28. The van der Waals surface area contributed by atoms with Gasteiger partial charge in [0.2, 0.25) is 0 Å². The number of benzene rings is 1. The Morgan fingerprint density at radius 1 is 1.25 bits per heavy atom. The number of ether oxygens (including phenoxy) is 2. The standard InChI is InChI=1S/C15H20O5/c1-4-20-14(18)15(2,13(16)17)10-9-11-5-7-12(19-3)8-6-11/h5-8H,4,9-10H2,1-3H3,(H,16,17). The lowest BCUT2D eigenvalue weighted by atomic mass is 9.84. The molecule has 0 heterocycles. The number of aliphatic carboxylic acids is 1. The molecule has 0 saturated heterocycles. The lowest BCUT2D eigenvalue weighted by Gasteiger charge is -2.22. The van der Waals surface area contributed by atoms with Gasteiger partial charge >= 0.3 is 11.9 Å². The third-order valence-corrected chi connectivity index (χ3v) is 3.27. The minimum atomic E-state index is -1.52. The molecule has 110 valence electrons. The molecule has 0 aliphatic carbocycles. The zero-order valence-electron chi connectivity index (χ0n) is 12.0. The summed E-state index contributed by atoms with van der Waals surface area (Å²) in [5.41, 5.74) is -0.571. The molecule has 0 aromatic heterocycles. The zero-order chi connectivity index (χ0) is 15.2. The summed E-state index contributed by atoms with van der Waals surface area (Å²) in [6.07, 6.45) is 0.666. The number of aryl methyl sites for hydroxylation is 1. The number of hydrogen-bond donors (Lipinski definition) is 1. The van der Waals surface area contributed by atoms with Crippen LogP contribution in [0.4, 0.5) is 0 Å². The number of methoxy groups -OCH3 is 1. The van der Waals surface area contributed by atoms with Crippen LogP contribution in [-0.4, -0.2) is 30.8 Å². The summed E-state index contributed by atoms with van der Waals surface area (Å²) in [5, 5.41) is 9.27. The first kappa shape index (κ1) is 16.0. The number of carbonyl (C=O) groups is 2. The van der Waals surface area contributed by atoms with Gasteiger partial charge in [0, 0.05) is 0 Å². The van der Waals surface area contributed by atoms with Crippen LogP contribution in [0.2, 0.25) is 0 Å². The molecule has 0 amide bonds. The highest BCUT2D eigenvalue weighted by molar-refractivity contribution is 5.98. The van der Waals surface area contributed by atoms with Crippen molar-refractivity contribution < 1.29 is 24.2 Å². The highest BCUT2D eigenvalue weighted by atomic mass is 16.5. The molecule has 1 N–H and O–H groups in total. The molecule has 20 heavy (non-hydrogen) atoms. The van der Waals surface area contributed by atoms with Crippen LogP contribution in [-0.2, 0) is 20.7 Å². The average Bonchev–Trinajstić information content (AvgIpc) is 2.45. The maximum atomic E-state index is 11.8. The molecule has 0 bridgehead atoms. The molecule has 0 fully saturated rings. The van der Waals surface area contributed by atoms with Crippen molar-refractivity contribution in [2.24, 2.45) is 5.41 Å². The van der Waals surface area contributed by atoms with Crippen molar-refractivity contribution in [3.8, 4) is 5.75 Å². The Morgan fingerprint density at radius 2 is 1.85 bits per heavy atom. The Kier molecular flexibility index (Phi) is 5.55. The number of hydrogen-bond acceptors (Lipinski definition) is 4. The second-order valence-electron chi connectivity index (χ2n) is 4.71. The van der Waals surface area contributed by atoms with E-state index in [1.54, 1.807) is 26.2 Å². The Bertz CT molecular complexity index is 466. The Hall–Kier alpha value is -2.04. The molecular weight excluding hydrogens is 260 g/mol. The molecule has 0 saturated carbocycles. The molecule has 0 spiro atoms.